The fraction of sp³-hybridized carbons (Fsp3) is 0.172. The lowest BCUT2D eigenvalue weighted by atomic mass is 9.82. The van der Waals surface area contributed by atoms with E-state index in [4.69, 9.17) is 4.74 Å². The topological polar surface area (TPSA) is 152 Å². The van der Waals surface area contributed by atoms with E-state index in [2.05, 4.69) is 10.3 Å². The first-order valence-corrected chi connectivity index (χ1v) is 14.5. The number of nitro benzene ring substituents is 1. The maximum Gasteiger partial charge on any atom is 0.305 e. The second-order valence-corrected chi connectivity index (χ2v) is 11.9. The van der Waals surface area contributed by atoms with Crippen LogP contribution in [0.4, 0.5) is 17.1 Å². The normalized spacial score (nSPS) is 19.3. The molecule has 0 bridgehead atoms. The van der Waals surface area contributed by atoms with Crippen molar-refractivity contribution in [1.29, 1.82) is 0 Å². The average Bonchev–Trinajstić information content (AvgIpc) is 3.47. The number of nitrogens with one attached hydrogen (secondary N) is 2. The number of imide groups is 1. The number of carbonyl (C=O) groups is 3. The maximum atomic E-state index is 13.9. The van der Waals surface area contributed by atoms with E-state index in [0.717, 1.165) is 33.6 Å². The molecule has 42 heavy (non-hydrogen) atoms. The maximum absolute atomic E-state index is 13.9. The largest absolute Gasteiger partial charge is 0.483 e. The van der Waals surface area contributed by atoms with Crippen LogP contribution < -0.4 is 19.8 Å². The fourth-order valence-corrected chi connectivity index (χ4v) is 7.68. The monoisotopic (exact) mass is 602 g/mol. The van der Waals surface area contributed by atoms with Crippen molar-refractivity contribution in [2.45, 2.75) is 23.1 Å². The highest BCUT2D eigenvalue weighted by atomic mass is 32.2. The third-order valence-electron chi connectivity index (χ3n) is 7.09. The number of benzene rings is 3. The Kier molecular flexibility index (Phi) is 7.12. The summed E-state index contributed by atoms with van der Waals surface area (Å²) in [7, 11) is 0. The Morgan fingerprint density at radius 2 is 1.74 bits per heavy atom. The van der Waals surface area contributed by atoms with Crippen LogP contribution in [0.5, 0.6) is 5.75 Å². The molecule has 2 aliphatic heterocycles. The van der Waals surface area contributed by atoms with Gasteiger partial charge in [0.15, 0.2) is 6.61 Å². The van der Waals surface area contributed by atoms with E-state index >= 15 is 0 Å². The van der Waals surface area contributed by atoms with Gasteiger partial charge in [-0.2, -0.15) is 0 Å². The summed E-state index contributed by atoms with van der Waals surface area (Å²) >= 11 is 2.08. The van der Waals surface area contributed by atoms with Crippen molar-refractivity contribution in [3.63, 3.8) is 0 Å². The van der Waals surface area contributed by atoms with E-state index < -0.39 is 33.8 Å². The van der Waals surface area contributed by atoms with Crippen LogP contribution in [0.25, 0.3) is 0 Å². The Labute approximate surface area is 246 Å². The quantitative estimate of drug-likeness (QED) is 0.179. The summed E-state index contributed by atoms with van der Waals surface area (Å²) in [5, 5.41) is 13.5. The van der Waals surface area contributed by atoms with Crippen LogP contribution in [-0.2, 0) is 14.4 Å². The fourth-order valence-electron chi connectivity index (χ4n) is 5.18. The Morgan fingerprint density at radius 3 is 2.45 bits per heavy atom. The molecule has 1 saturated heterocycles. The molecule has 13 heteroatoms. The molecule has 3 unspecified atom stereocenters. The molecule has 11 nitrogen and oxygen atoms in total. The lowest BCUT2D eigenvalue weighted by molar-refractivity contribution is -0.384. The first-order chi connectivity index (χ1) is 20.2. The lowest BCUT2D eigenvalue weighted by Crippen LogP contribution is -2.32. The Hall–Kier alpha value is -4.75. The summed E-state index contributed by atoms with van der Waals surface area (Å²) in [5.74, 6) is -2.62. The second-order valence-electron chi connectivity index (χ2n) is 9.78. The zero-order chi connectivity index (χ0) is 29.5. The number of fused-ring (bicyclic) bond motifs is 2. The standard InChI is InChI=1S/C29H22N4O7S2/c1-15-6-8-16(9-7-15)30-21(34)14-40-20-5-3-2-4-19(20)22-23-25(41-26-24(22)42-29(37)31-26)28(36)32(27(23)35)17-10-12-18(13-11-17)33(38)39/h2-13,22-23,25H,14H2,1H3,(H,30,34)(H,31,37). The summed E-state index contributed by atoms with van der Waals surface area (Å²) < 4.78 is 5.95. The van der Waals surface area contributed by atoms with E-state index in [9.17, 15) is 29.3 Å². The molecule has 3 heterocycles. The third-order valence-corrected chi connectivity index (χ3v) is 9.49. The minimum atomic E-state index is -0.886. The first kappa shape index (κ1) is 27.4. The van der Waals surface area contributed by atoms with Crippen molar-refractivity contribution >= 4 is 57.9 Å². The van der Waals surface area contributed by atoms with E-state index in [1.807, 2.05) is 19.1 Å². The Morgan fingerprint density at radius 1 is 1.02 bits per heavy atom. The molecule has 0 aliphatic carbocycles. The number of rotatable bonds is 7. The van der Waals surface area contributed by atoms with Gasteiger partial charge >= 0.3 is 4.87 Å². The third kappa shape index (κ3) is 4.97. The number of nitrogens with zero attached hydrogens (tertiary/aromatic N) is 2. The summed E-state index contributed by atoms with van der Waals surface area (Å²) in [6, 6.07) is 19.5. The van der Waals surface area contributed by atoms with Crippen molar-refractivity contribution in [3.05, 3.63) is 109 Å². The number of carbonyl (C=O) groups excluding carboxylic acids is 3. The Bertz CT molecular complexity index is 1780. The van der Waals surface area contributed by atoms with Crippen LogP contribution in [0.2, 0.25) is 0 Å². The summed E-state index contributed by atoms with van der Waals surface area (Å²) in [5.41, 5.74) is 2.29. The van der Waals surface area contributed by atoms with Gasteiger partial charge in [0.2, 0.25) is 11.8 Å². The van der Waals surface area contributed by atoms with Gasteiger partial charge in [0.25, 0.3) is 11.6 Å². The lowest BCUT2D eigenvalue weighted by Gasteiger charge is -2.30. The number of aromatic amines is 1. The van der Waals surface area contributed by atoms with Gasteiger partial charge in [-0.3, -0.25) is 29.3 Å². The molecule has 6 rings (SSSR count). The highest BCUT2D eigenvalue weighted by molar-refractivity contribution is 8.00. The van der Waals surface area contributed by atoms with Gasteiger partial charge in [-0.25, -0.2) is 4.90 Å². The number of aryl methyl sites for hydroxylation is 1. The van der Waals surface area contributed by atoms with E-state index in [1.54, 1.807) is 36.4 Å². The number of H-pyrrole nitrogens is 1. The molecule has 1 fully saturated rings. The summed E-state index contributed by atoms with van der Waals surface area (Å²) in [6.07, 6.45) is 0. The smallest absolute Gasteiger partial charge is 0.305 e. The Balaban J connectivity index is 1.33. The van der Waals surface area contributed by atoms with Crippen molar-refractivity contribution < 1.29 is 24.0 Å². The van der Waals surface area contributed by atoms with Crippen LogP contribution in [-0.4, -0.2) is 39.5 Å². The molecule has 0 saturated carbocycles. The van der Waals surface area contributed by atoms with E-state index in [0.29, 0.717) is 26.9 Å². The van der Waals surface area contributed by atoms with Crippen molar-refractivity contribution in [2.24, 2.45) is 5.92 Å². The molecule has 0 radical (unpaired) electrons. The van der Waals surface area contributed by atoms with Crippen LogP contribution >= 0.6 is 23.1 Å². The minimum absolute atomic E-state index is 0.167. The molecule has 3 aromatic carbocycles. The number of hydrogen-bond acceptors (Lipinski definition) is 9. The van der Waals surface area contributed by atoms with E-state index in [1.165, 1.54) is 24.3 Å². The van der Waals surface area contributed by atoms with Gasteiger partial charge in [0, 0.05) is 34.2 Å². The van der Waals surface area contributed by atoms with Crippen molar-refractivity contribution in [1.82, 2.24) is 4.98 Å². The number of thioether (sulfide) groups is 1. The number of anilines is 2. The molecule has 3 amide bonds. The number of hydrogen-bond donors (Lipinski definition) is 2. The number of aromatic nitrogens is 1. The molecule has 1 aromatic heterocycles. The zero-order valence-corrected chi connectivity index (χ0v) is 23.6. The number of non-ortho nitro benzene ring substituents is 1. The number of nitro groups is 1. The number of ether oxygens (including phenoxy) is 1. The SMILES string of the molecule is Cc1ccc(NC(=O)COc2ccccc2C2c3sc(=O)[nH]c3SC3C(=O)N(c4ccc([N+](=O)[O-])cc4)C(=O)C32)cc1. The summed E-state index contributed by atoms with van der Waals surface area (Å²) in [4.78, 5) is 67.3. The number of para-hydroxylation sites is 1. The zero-order valence-electron chi connectivity index (χ0n) is 21.9. The molecule has 2 N–H and O–H groups in total. The molecule has 0 spiro atoms. The van der Waals surface area contributed by atoms with Gasteiger partial charge in [0.05, 0.1) is 21.6 Å². The van der Waals surface area contributed by atoms with Gasteiger partial charge < -0.3 is 15.0 Å². The van der Waals surface area contributed by atoms with Gasteiger partial charge in [-0.1, -0.05) is 59.0 Å². The van der Waals surface area contributed by atoms with Crippen LogP contribution in [0.1, 0.15) is 21.9 Å². The number of thiazole rings is 1. The minimum Gasteiger partial charge on any atom is -0.483 e. The summed E-state index contributed by atoms with van der Waals surface area (Å²) in [6.45, 7) is 1.64. The average molecular weight is 603 g/mol. The molecular formula is C29H22N4O7S2. The van der Waals surface area contributed by atoms with Crippen LogP contribution in [0.3, 0.4) is 0 Å². The van der Waals surface area contributed by atoms with Gasteiger partial charge in [0.1, 0.15) is 11.0 Å². The van der Waals surface area contributed by atoms with Crippen molar-refractivity contribution in [2.75, 3.05) is 16.8 Å². The van der Waals surface area contributed by atoms with Gasteiger partial charge in [-0.05, 0) is 37.3 Å². The second kappa shape index (κ2) is 10.9. The molecular weight excluding hydrogens is 580 g/mol. The van der Waals surface area contributed by atoms with Crippen LogP contribution in [0.15, 0.2) is 82.6 Å². The van der Waals surface area contributed by atoms with E-state index in [-0.39, 0.29) is 28.8 Å². The molecule has 2 aliphatic rings. The first-order valence-electron chi connectivity index (χ1n) is 12.8. The van der Waals surface area contributed by atoms with Gasteiger partial charge in [-0.15, -0.1) is 0 Å². The molecule has 3 atom stereocenters. The van der Waals surface area contributed by atoms with Crippen LogP contribution in [0, 0.1) is 23.0 Å². The highest BCUT2D eigenvalue weighted by Crippen LogP contribution is 2.54. The number of amides is 3. The molecule has 4 aromatic rings. The molecule has 212 valence electrons. The highest BCUT2D eigenvalue weighted by Gasteiger charge is 2.56. The predicted molar refractivity (Wildman–Crippen MR) is 157 cm³/mol. The van der Waals surface area contributed by atoms with Crippen molar-refractivity contribution in [3.8, 4) is 5.75 Å². The predicted octanol–water partition coefficient (Wildman–Crippen LogP) is 4.47.